The third-order valence-corrected chi connectivity index (χ3v) is 5.01. The Bertz CT molecular complexity index is 919. The van der Waals surface area contributed by atoms with Gasteiger partial charge in [-0.05, 0) is 0 Å². The first-order chi connectivity index (χ1) is 16.2. The molecule has 1 amide bonds. The van der Waals surface area contributed by atoms with Crippen molar-refractivity contribution in [2.75, 3.05) is 45.6 Å². The largest absolute Gasteiger partial charge is 0.463 e. The summed E-state index contributed by atoms with van der Waals surface area (Å²) in [6.45, 7) is 4.27. The summed E-state index contributed by atoms with van der Waals surface area (Å²) >= 11 is 0. The van der Waals surface area contributed by atoms with Crippen LogP contribution in [-0.2, 0) is 42.8 Å². The Morgan fingerprint density at radius 1 is 1.12 bits per heavy atom. The van der Waals surface area contributed by atoms with Crippen molar-refractivity contribution in [3.05, 3.63) is 12.0 Å². The van der Waals surface area contributed by atoms with Crippen LogP contribution in [0.15, 0.2) is 6.33 Å². The second-order valence-corrected chi connectivity index (χ2v) is 7.57. The van der Waals surface area contributed by atoms with E-state index in [-0.39, 0.29) is 31.6 Å². The first kappa shape index (κ1) is 25.4. The number of amides is 1. The summed E-state index contributed by atoms with van der Waals surface area (Å²) in [7, 11) is 1.55. The molecule has 0 unspecified atom stereocenters. The molecule has 0 aromatic carbocycles. The quantitative estimate of drug-likeness (QED) is 0.262. The maximum atomic E-state index is 12.9. The predicted octanol–water partition coefficient (Wildman–Crippen LogP) is -0.347. The summed E-state index contributed by atoms with van der Waals surface area (Å²) in [6, 6.07) is 0. The molecule has 0 aliphatic carbocycles. The van der Waals surface area contributed by atoms with E-state index in [9.17, 15) is 19.2 Å². The molecule has 3 rings (SSSR count). The third kappa shape index (κ3) is 5.81. The molecule has 0 bridgehead atoms. The molecule has 14 heteroatoms. The Kier molecular flexibility index (Phi) is 8.41. The summed E-state index contributed by atoms with van der Waals surface area (Å²) < 4.78 is 33.6. The van der Waals surface area contributed by atoms with E-state index in [1.165, 1.54) is 36.6 Å². The van der Waals surface area contributed by atoms with Crippen LogP contribution in [0.5, 0.6) is 0 Å². The van der Waals surface area contributed by atoms with Crippen LogP contribution in [0, 0.1) is 0 Å². The van der Waals surface area contributed by atoms with E-state index in [1.807, 2.05) is 0 Å². The summed E-state index contributed by atoms with van der Waals surface area (Å²) in [5.41, 5.74) is 0.110. The highest BCUT2D eigenvalue weighted by Gasteiger charge is 2.51. The number of aromatic nitrogens is 2. The van der Waals surface area contributed by atoms with Crippen molar-refractivity contribution in [3.63, 3.8) is 0 Å². The first-order valence-electron chi connectivity index (χ1n) is 10.5. The summed E-state index contributed by atoms with van der Waals surface area (Å²) in [6.07, 6.45) is -2.74. The zero-order chi connectivity index (χ0) is 24.8. The number of nitrogens with zero attached hydrogens (tertiary/aromatic N) is 3. The maximum Gasteiger partial charge on any atom is 0.303 e. The van der Waals surface area contributed by atoms with Crippen LogP contribution in [0.3, 0.4) is 0 Å². The van der Waals surface area contributed by atoms with Crippen molar-refractivity contribution < 1.29 is 47.6 Å². The highest BCUT2D eigenvalue weighted by molar-refractivity contribution is 5.98. The molecule has 14 nitrogen and oxygen atoms in total. The van der Waals surface area contributed by atoms with Crippen molar-refractivity contribution in [3.8, 4) is 0 Å². The summed E-state index contributed by atoms with van der Waals surface area (Å²) in [5.74, 6) is -1.88. The number of carbonyl (C=O) groups excluding carboxylic acids is 4. The van der Waals surface area contributed by atoms with E-state index in [0.29, 0.717) is 19.0 Å². The topological polar surface area (TPSA) is 157 Å². The van der Waals surface area contributed by atoms with Gasteiger partial charge in [-0.1, -0.05) is 0 Å². The SMILES string of the molecule is COCCOCN1CNc2c(ncn2[C@@H]2O[C@H](COC(C)=O)[C@@H](OC(C)=O)[C@H]2OC(C)=O)C1=O. The van der Waals surface area contributed by atoms with Gasteiger partial charge in [-0.25, -0.2) is 4.98 Å². The molecule has 3 heterocycles. The Morgan fingerprint density at radius 2 is 1.82 bits per heavy atom. The maximum absolute atomic E-state index is 12.9. The van der Waals surface area contributed by atoms with Gasteiger partial charge < -0.3 is 33.7 Å². The minimum absolute atomic E-state index is 0.0382. The number of fused-ring (bicyclic) bond motifs is 1. The van der Waals surface area contributed by atoms with Crippen molar-refractivity contribution in [2.24, 2.45) is 0 Å². The molecule has 4 atom stereocenters. The zero-order valence-electron chi connectivity index (χ0n) is 19.3. The second-order valence-electron chi connectivity index (χ2n) is 7.57. The molecular weight excluding hydrogens is 456 g/mol. The summed E-state index contributed by atoms with van der Waals surface area (Å²) in [4.78, 5) is 53.3. The lowest BCUT2D eigenvalue weighted by Gasteiger charge is -2.29. The minimum Gasteiger partial charge on any atom is -0.463 e. The first-order valence-corrected chi connectivity index (χ1v) is 10.5. The van der Waals surface area contributed by atoms with Crippen molar-refractivity contribution in [1.29, 1.82) is 0 Å². The normalized spacial score (nSPS) is 23.8. The number of nitrogens with one attached hydrogen (secondary N) is 1. The number of imidazole rings is 1. The monoisotopic (exact) mass is 484 g/mol. The average Bonchev–Trinajstić information content (AvgIpc) is 3.33. The van der Waals surface area contributed by atoms with Gasteiger partial charge in [-0.15, -0.1) is 0 Å². The van der Waals surface area contributed by atoms with Crippen LogP contribution >= 0.6 is 0 Å². The van der Waals surface area contributed by atoms with Gasteiger partial charge >= 0.3 is 17.9 Å². The van der Waals surface area contributed by atoms with Gasteiger partial charge in [0.05, 0.1) is 26.2 Å². The van der Waals surface area contributed by atoms with Crippen molar-refractivity contribution >= 4 is 29.6 Å². The number of hydrogen-bond donors (Lipinski definition) is 1. The fourth-order valence-electron chi connectivity index (χ4n) is 3.62. The molecule has 1 fully saturated rings. The lowest BCUT2D eigenvalue weighted by Crippen LogP contribution is -2.43. The van der Waals surface area contributed by atoms with Crippen LogP contribution < -0.4 is 5.32 Å². The van der Waals surface area contributed by atoms with E-state index < -0.39 is 42.4 Å². The molecular formula is C20H28N4O10. The molecule has 0 saturated carbocycles. The standard InChI is InChI=1S/C20H28N4O10/c1-11(25)31-7-14-16(32-12(2)26)17(33-13(3)27)20(34-14)24-9-21-15-18(24)22-8-23(19(15)28)10-30-6-5-29-4/h9,14,16-17,20,22H,5-8,10H2,1-4H3/t14-,16-,17-,20-/m1/s1. The highest BCUT2D eigenvalue weighted by atomic mass is 16.7. The van der Waals surface area contributed by atoms with Crippen molar-refractivity contribution in [2.45, 2.75) is 45.3 Å². The second kappa shape index (κ2) is 11.3. The molecule has 0 spiro atoms. The van der Waals surface area contributed by atoms with Gasteiger partial charge in [0.1, 0.15) is 25.3 Å². The Labute approximate surface area is 195 Å². The number of rotatable bonds is 10. The molecule has 2 aliphatic heterocycles. The number of hydrogen-bond acceptors (Lipinski definition) is 12. The number of methoxy groups -OCH3 is 1. The number of esters is 3. The molecule has 1 N–H and O–H groups in total. The molecule has 1 saturated heterocycles. The molecule has 1 aromatic rings. The third-order valence-electron chi connectivity index (χ3n) is 5.01. The van der Waals surface area contributed by atoms with Crippen LogP contribution in [0.1, 0.15) is 37.5 Å². The van der Waals surface area contributed by atoms with Crippen LogP contribution in [-0.4, -0.2) is 96.9 Å². The molecule has 34 heavy (non-hydrogen) atoms. The van der Waals surface area contributed by atoms with Gasteiger partial charge in [0.25, 0.3) is 5.91 Å². The van der Waals surface area contributed by atoms with Gasteiger partial charge in [0.2, 0.25) is 0 Å². The number of carbonyl (C=O) groups is 4. The molecule has 188 valence electrons. The van der Waals surface area contributed by atoms with Crippen LogP contribution in [0.25, 0.3) is 0 Å². The van der Waals surface area contributed by atoms with Crippen LogP contribution in [0.2, 0.25) is 0 Å². The lowest BCUT2D eigenvalue weighted by atomic mass is 10.1. The Morgan fingerprint density at radius 3 is 2.47 bits per heavy atom. The highest BCUT2D eigenvalue weighted by Crippen LogP contribution is 2.37. The fraction of sp³-hybridized carbons (Fsp3) is 0.650. The Hall–Kier alpha value is -3.23. The number of anilines is 1. The van der Waals surface area contributed by atoms with Gasteiger partial charge in [0.15, 0.2) is 24.1 Å². The minimum atomic E-state index is -1.09. The molecule has 0 radical (unpaired) electrons. The van der Waals surface area contributed by atoms with Crippen molar-refractivity contribution in [1.82, 2.24) is 14.5 Å². The van der Waals surface area contributed by atoms with E-state index in [0.717, 1.165) is 0 Å². The van der Waals surface area contributed by atoms with Gasteiger partial charge in [-0.3, -0.25) is 28.6 Å². The fourth-order valence-corrected chi connectivity index (χ4v) is 3.62. The van der Waals surface area contributed by atoms with Gasteiger partial charge in [-0.2, -0.15) is 0 Å². The smallest absolute Gasteiger partial charge is 0.303 e. The van der Waals surface area contributed by atoms with E-state index in [4.69, 9.17) is 28.4 Å². The zero-order valence-corrected chi connectivity index (χ0v) is 19.3. The van der Waals surface area contributed by atoms with E-state index in [1.54, 1.807) is 7.11 Å². The van der Waals surface area contributed by atoms with E-state index >= 15 is 0 Å². The average molecular weight is 484 g/mol. The number of ether oxygens (including phenoxy) is 6. The van der Waals surface area contributed by atoms with E-state index in [2.05, 4.69) is 10.3 Å². The summed E-state index contributed by atoms with van der Waals surface area (Å²) in [5, 5.41) is 3.08. The lowest BCUT2D eigenvalue weighted by molar-refractivity contribution is -0.166. The molecule has 1 aromatic heterocycles. The molecule has 2 aliphatic rings. The van der Waals surface area contributed by atoms with Crippen LogP contribution in [0.4, 0.5) is 5.82 Å². The van der Waals surface area contributed by atoms with Gasteiger partial charge in [0, 0.05) is 27.9 Å². The predicted molar refractivity (Wildman–Crippen MR) is 111 cm³/mol. The Balaban J connectivity index is 1.84.